The maximum absolute atomic E-state index is 12.4. The number of hydrogen-bond donors (Lipinski definition) is 1. The summed E-state index contributed by atoms with van der Waals surface area (Å²) in [5.41, 5.74) is 2.18. The molecule has 1 aromatic heterocycles. The number of carbonyl (C=O) groups is 1. The van der Waals surface area contributed by atoms with E-state index in [1.165, 1.54) is 0 Å². The summed E-state index contributed by atoms with van der Waals surface area (Å²) >= 11 is 3.39. The highest BCUT2D eigenvalue weighted by Gasteiger charge is 2.12. The van der Waals surface area contributed by atoms with Gasteiger partial charge >= 0.3 is 0 Å². The van der Waals surface area contributed by atoms with Crippen LogP contribution in [0.25, 0.3) is 0 Å². The van der Waals surface area contributed by atoms with E-state index in [-0.39, 0.29) is 5.91 Å². The largest absolute Gasteiger partial charge is 0.340 e. The molecule has 5 nitrogen and oxygen atoms in total. The molecule has 1 amide bonds. The van der Waals surface area contributed by atoms with Crippen LogP contribution in [0.3, 0.4) is 0 Å². The summed E-state index contributed by atoms with van der Waals surface area (Å²) in [6, 6.07) is 19.1. The minimum absolute atomic E-state index is 0.269. The summed E-state index contributed by atoms with van der Waals surface area (Å²) < 4.78 is 0.899. The second-order valence-electron chi connectivity index (χ2n) is 5.55. The quantitative estimate of drug-likeness (QED) is 0.704. The zero-order valence-electron chi connectivity index (χ0n) is 13.7. The lowest BCUT2D eigenvalue weighted by Crippen LogP contribution is -2.21. The van der Waals surface area contributed by atoms with Crippen LogP contribution >= 0.6 is 15.9 Å². The average Bonchev–Trinajstić information content (AvgIpc) is 2.62. The topological polar surface area (TPSA) is 58.1 Å². The Morgan fingerprint density at radius 3 is 2.68 bits per heavy atom. The van der Waals surface area contributed by atoms with Gasteiger partial charge in [-0.2, -0.15) is 0 Å². The molecule has 0 radical (unpaired) electrons. The van der Waals surface area contributed by atoms with Gasteiger partial charge in [-0.15, -0.1) is 0 Å². The number of anilines is 2. The van der Waals surface area contributed by atoms with Gasteiger partial charge in [0.05, 0.1) is 0 Å². The fraction of sp³-hybridized carbons (Fsp3) is 0.105. The van der Waals surface area contributed by atoms with Crippen molar-refractivity contribution in [3.8, 4) is 0 Å². The minimum atomic E-state index is -0.269. The van der Waals surface area contributed by atoms with Gasteiger partial charge in [-0.3, -0.25) is 4.79 Å². The maximum atomic E-state index is 12.4. The molecule has 0 fully saturated rings. The molecule has 0 bridgehead atoms. The number of carbonyl (C=O) groups excluding carboxylic acids is 1. The third kappa shape index (κ3) is 4.64. The standard InChI is InChI=1S/C19H17BrN4O/c1-24(13-14-6-3-2-4-7-14)19-21-11-10-17(23-19)18(25)22-16-9-5-8-15(20)12-16/h2-12H,13H2,1H3,(H,22,25). The third-order valence-electron chi connectivity index (χ3n) is 3.56. The van der Waals surface area contributed by atoms with Crippen molar-refractivity contribution in [2.45, 2.75) is 6.54 Å². The van der Waals surface area contributed by atoms with Crippen LogP contribution in [-0.4, -0.2) is 22.9 Å². The van der Waals surface area contributed by atoms with Gasteiger partial charge in [0.15, 0.2) is 0 Å². The van der Waals surface area contributed by atoms with Gasteiger partial charge < -0.3 is 10.2 Å². The number of nitrogens with zero attached hydrogens (tertiary/aromatic N) is 3. The van der Waals surface area contributed by atoms with Crippen molar-refractivity contribution in [2.75, 3.05) is 17.3 Å². The first-order chi connectivity index (χ1) is 12.1. The predicted molar refractivity (Wildman–Crippen MR) is 103 cm³/mol. The van der Waals surface area contributed by atoms with Crippen LogP contribution in [0, 0.1) is 0 Å². The first-order valence-electron chi connectivity index (χ1n) is 7.77. The number of nitrogens with one attached hydrogen (secondary N) is 1. The molecular weight excluding hydrogens is 380 g/mol. The van der Waals surface area contributed by atoms with Crippen molar-refractivity contribution >= 4 is 33.5 Å². The normalized spacial score (nSPS) is 10.3. The smallest absolute Gasteiger partial charge is 0.274 e. The molecule has 1 heterocycles. The Bertz CT molecular complexity index is 870. The minimum Gasteiger partial charge on any atom is -0.340 e. The Kier molecular flexibility index (Phi) is 5.40. The molecule has 0 saturated heterocycles. The molecule has 6 heteroatoms. The molecule has 2 aromatic carbocycles. The van der Waals surface area contributed by atoms with Crippen LogP contribution in [0.2, 0.25) is 0 Å². The van der Waals surface area contributed by atoms with Gasteiger partial charge in [0.1, 0.15) is 5.69 Å². The van der Waals surface area contributed by atoms with Gasteiger partial charge in [0, 0.05) is 29.9 Å². The molecule has 0 unspecified atom stereocenters. The summed E-state index contributed by atoms with van der Waals surface area (Å²) in [4.78, 5) is 23.0. The van der Waals surface area contributed by atoms with Gasteiger partial charge in [0.2, 0.25) is 5.95 Å². The number of halogens is 1. The van der Waals surface area contributed by atoms with Gasteiger partial charge in [-0.05, 0) is 29.8 Å². The van der Waals surface area contributed by atoms with Crippen LogP contribution in [0.5, 0.6) is 0 Å². The van der Waals surface area contributed by atoms with E-state index >= 15 is 0 Å². The van der Waals surface area contributed by atoms with Crippen LogP contribution in [0.1, 0.15) is 16.1 Å². The Hall–Kier alpha value is -2.73. The van der Waals surface area contributed by atoms with E-state index in [1.807, 2.05) is 66.5 Å². The highest BCUT2D eigenvalue weighted by atomic mass is 79.9. The SMILES string of the molecule is CN(Cc1ccccc1)c1nccc(C(=O)Nc2cccc(Br)c2)n1. The predicted octanol–water partition coefficient (Wildman–Crippen LogP) is 4.13. The van der Waals surface area contributed by atoms with Gasteiger partial charge in [-0.25, -0.2) is 9.97 Å². The maximum Gasteiger partial charge on any atom is 0.274 e. The van der Waals surface area contributed by atoms with E-state index in [1.54, 1.807) is 12.3 Å². The molecule has 3 aromatic rings. The number of aromatic nitrogens is 2. The van der Waals surface area contributed by atoms with Gasteiger partial charge in [-0.1, -0.05) is 52.3 Å². The van der Waals surface area contributed by atoms with E-state index in [4.69, 9.17) is 0 Å². The summed E-state index contributed by atoms with van der Waals surface area (Å²) in [6.07, 6.45) is 1.60. The molecule has 3 rings (SSSR count). The highest BCUT2D eigenvalue weighted by molar-refractivity contribution is 9.10. The summed E-state index contributed by atoms with van der Waals surface area (Å²) in [5.74, 6) is 0.237. The van der Waals surface area contributed by atoms with Crippen molar-refractivity contribution in [1.82, 2.24) is 9.97 Å². The zero-order chi connectivity index (χ0) is 17.6. The monoisotopic (exact) mass is 396 g/mol. The Labute approximate surface area is 154 Å². The van der Waals surface area contributed by atoms with Crippen LogP contribution in [0.15, 0.2) is 71.3 Å². The number of rotatable bonds is 5. The molecule has 0 aliphatic rings. The second-order valence-corrected chi connectivity index (χ2v) is 6.46. The third-order valence-corrected chi connectivity index (χ3v) is 4.06. The molecule has 1 N–H and O–H groups in total. The first kappa shape index (κ1) is 17.1. The molecule has 0 aliphatic heterocycles. The lowest BCUT2D eigenvalue weighted by Gasteiger charge is -2.17. The molecule has 0 spiro atoms. The van der Waals surface area contributed by atoms with E-state index in [2.05, 4.69) is 31.2 Å². The van der Waals surface area contributed by atoms with Crippen LogP contribution < -0.4 is 10.2 Å². The zero-order valence-corrected chi connectivity index (χ0v) is 15.3. The van der Waals surface area contributed by atoms with Crippen molar-refractivity contribution in [3.05, 3.63) is 82.6 Å². The first-order valence-corrected chi connectivity index (χ1v) is 8.56. The van der Waals surface area contributed by atoms with Crippen molar-refractivity contribution in [2.24, 2.45) is 0 Å². The number of hydrogen-bond acceptors (Lipinski definition) is 4. The average molecular weight is 397 g/mol. The summed E-state index contributed by atoms with van der Waals surface area (Å²) in [5, 5.41) is 2.84. The van der Waals surface area contributed by atoms with Crippen molar-refractivity contribution < 1.29 is 4.79 Å². The molecule has 0 atom stereocenters. The van der Waals surface area contributed by atoms with E-state index in [9.17, 15) is 4.79 Å². The molecule has 0 aliphatic carbocycles. The van der Waals surface area contributed by atoms with E-state index in [0.29, 0.717) is 23.9 Å². The molecule has 25 heavy (non-hydrogen) atoms. The van der Waals surface area contributed by atoms with Crippen LogP contribution in [0.4, 0.5) is 11.6 Å². The highest BCUT2D eigenvalue weighted by Crippen LogP contribution is 2.17. The Morgan fingerprint density at radius 1 is 1.12 bits per heavy atom. The molecule has 126 valence electrons. The summed E-state index contributed by atoms with van der Waals surface area (Å²) in [7, 11) is 1.90. The number of benzene rings is 2. The Balaban J connectivity index is 1.73. The van der Waals surface area contributed by atoms with Crippen molar-refractivity contribution in [3.63, 3.8) is 0 Å². The number of amides is 1. The van der Waals surface area contributed by atoms with E-state index in [0.717, 1.165) is 10.0 Å². The lowest BCUT2D eigenvalue weighted by molar-refractivity contribution is 0.102. The van der Waals surface area contributed by atoms with Gasteiger partial charge in [0.25, 0.3) is 5.91 Å². The lowest BCUT2D eigenvalue weighted by atomic mass is 10.2. The molecular formula is C19H17BrN4O. The van der Waals surface area contributed by atoms with E-state index < -0.39 is 0 Å². The summed E-state index contributed by atoms with van der Waals surface area (Å²) in [6.45, 7) is 0.664. The van der Waals surface area contributed by atoms with Crippen molar-refractivity contribution in [1.29, 1.82) is 0 Å². The fourth-order valence-electron chi connectivity index (χ4n) is 2.35. The molecule has 0 saturated carbocycles. The fourth-order valence-corrected chi connectivity index (χ4v) is 2.75. The Morgan fingerprint density at radius 2 is 1.92 bits per heavy atom. The second kappa shape index (κ2) is 7.90. The van der Waals surface area contributed by atoms with Crippen LogP contribution in [-0.2, 0) is 6.54 Å².